The van der Waals surface area contributed by atoms with Crippen molar-refractivity contribution in [2.75, 3.05) is 26.9 Å². The molecule has 0 aromatic heterocycles. The SMILES string of the molecule is CCC(NC(=O)CC1COCCN1)c1ccc(OC)cc1. The van der Waals surface area contributed by atoms with Crippen LogP contribution in [0.5, 0.6) is 5.75 Å². The summed E-state index contributed by atoms with van der Waals surface area (Å²) in [6, 6.07) is 7.98. The standard InChI is InChI=1S/C16H24N2O3/c1-3-15(12-4-6-14(20-2)7-5-12)18-16(19)10-13-11-21-9-8-17-13/h4-7,13,15,17H,3,8-11H2,1-2H3,(H,18,19). The Kier molecular flexibility index (Phi) is 6.02. The van der Waals surface area contributed by atoms with Crippen LogP contribution in [-0.4, -0.2) is 38.8 Å². The van der Waals surface area contributed by atoms with Crippen LogP contribution in [0.1, 0.15) is 31.4 Å². The van der Waals surface area contributed by atoms with E-state index in [2.05, 4.69) is 17.6 Å². The zero-order chi connectivity index (χ0) is 15.1. The molecule has 1 saturated heterocycles. The van der Waals surface area contributed by atoms with E-state index < -0.39 is 0 Å². The first kappa shape index (κ1) is 15.8. The Bertz CT molecular complexity index is 441. The zero-order valence-corrected chi connectivity index (χ0v) is 12.7. The van der Waals surface area contributed by atoms with Crippen LogP contribution in [0, 0.1) is 0 Å². The summed E-state index contributed by atoms with van der Waals surface area (Å²) >= 11 is 0. The smallest absolute Gasteiger partial charge is 0.222 e. The minimum atomic E-state index is 0.0351. The van der Waals surface area contributed by atoms with E-state index in [1.165, 1.54) is 0 Å². The third-order valence-electron chi connectivity index (χ3n) is 3.69. The van der Waals surface area contributed by atoms with Crippen LogP contribution in [0.15, 0.2) is 24.3 Å². The Hall–Kier alpha value is -1.59. The predicted octanol–water partition coefficient (Wildman–Crippen LogP) is 1.64. The van der Waals surface area contributed by atoms with Crippen molar-refractivity contribution < 1.29 is 14.3 Å². The van der Waals surface area contributed by atoms with Crippen molar-refractivity contribution in [1.29, 1.82) is 0 Å². The second kappa shape index (κ2) is 8.00. The van der Waals surface area contributed by atoms with Crippen LogP contribution >= 0.6 is 0 Å². The second-order valence-corrected chi connectivity index (χ2v) is 5.23. The molecule has 0 saturated carbocycles. The summed E-state index contributed by atoms with van der Waals surface area (Å²) in [6.07, 6.45) is 1.30. The van der Waals surface area contributed by atoms with E-state index >= 15 is 0 Å². The molecule has 0 radical (unpaired) electrons. The van der Waals surface area contributed by atoms with Gasteiger partial charge in [-0.15, -0.1) is 0 Å². The van der Waals surface area contributed by atoms with Gasteiger partial charge >= 0.3 is 0 Å². The number of carbonyl (C=O) groups excluding carboxylic acids is 1. The molecule has 1 aromatic carbocycles. The van der Waals surface area contributed by atoms with Crippen molar-refractivity contribution in [3.05, 3.63) is 29.8 Å². The summed E-state index contributed by atoms with van der Waals surface area (Å²) in [6.45, 7) is 4.21. The van der Waals surface area contributed by atoms with Gasteiger partial charge in [0.2, 0.25) is 5.91 Å². The average Bonchev–Trinajstić information content (AvgIpc) is 2.53. The van der Waals surface area contributed by atoms with E-state index in [0.717, 1.165) is 30.9 Å². The highest BCUT2D eigenvalue weighted by atomic mass is 16.5. The molecular formula is C16H24N2O3. The van der Waals surface area contributed by atoms with Crippen molar-refractivity contribution in [1.82, 2.24) is 10.6 Å². The van der Waals surface area contributed by atoms with Crippen LogP contribution in [0.3, 0.4) is 0 Å². The molecule has 2 N–H and O–H groups in total. The van der Waals surface area contributed by atoms with Gasteiger partial charge in [0.15, 0.2) is 0 Å². The third kappa shape index (κ3) is 4.72. The van der Waals surface area contributed by atoms with E-state index in [1.54, 1.807) is 7.11 Å². The van der Waals surface area contributed by atoms with Gasteiger partial charge in [-0.1, -0.05) is 19.1 Å². The van der Waals surface area contributed by atoms with Gasteiger partial charge in [-0.2, -0.15) is 0 Å². The molecule has 21 heavy (non-hydrogen) atoms. The zero-order valence-electron chi connectivity index (χ0n) is 12.7. The molecule has 116 valence electrons. The molecule has 1 amide bonds. The summed E-state index contributed by atoms with van der Waals surface area (Å²) in [5.74, 6) is 0.879. The lowest BCUT2D eigenvalue weighted by molar-refractivity contribution is -0.123. The third-order valence-corrected chi connectivity index (χ3v) is 3.69. The number of hydrogen-bond donors (Lipinski definition) is 2. The molecule has 0 spiro atoms. The lowest BCUT2D eigenvalue weighted by atomic mass is 10.0. The maximum absolute atomic E-state index is 12.1. The van der Waals surface area contributed by atoms with Gasteiger partial charge < -0.3 is 20.1 Å². The van der Waals surface area contributed by atoms with Crippen molar-refractivity contribution >= 4 is 5.91 Å². The number of carbonyl (C=O) groups is 1. The average molecular weight is 292 g/mol. The fourth-order valence-corrected chi connectivity index (χ4v) is 2.49. The Balaban J connectivity index is 1.89. The number of nitrogens with one attached hydrogen (secondary N) is 2. The maximum atomic E-state index is 12.1. The lowest BCUT2D eigenvalue weighted by Gasteiger charge is -2.24. The van der Waals surface area contributed by atoms with E-state index in [-0.39, 0.29) is 18.0 Å². The van der Waals surface area contributed by atoms with Crippen LogP contribution in [-0.2, 0) is 9.53 Å². The first-order valence-corrected chi connectivity index (χ1v) is 7.47. The summed E-state index contributed by atoms with van der Waals surface area (Å²) < 4.78 is 10.5. The molecule has 5 heteroatoms. The van der Waals surface area contributed by atoms with E-state index in [9.17, 15) is 4.79 Å². The van der Waals surface area contributed by atoms with Crippen LogP contribution in [0.2, 0.25) is 0 Å². The lowest BCUT2D eigenvalue weighted by Crippen LogP contribution is -2.44. The molecule has 0 aliphatic carbocycles. The quantitative estimate of drug-likeness (QED) is 0.837. The molecule has 2 rings (SSSR count). The summed E-state index contributed by atoms with van der Waals surface area (Å²) in [4.78, 5) is 12.1. The van der Waals surface area contributed by atoms with E-state index in [1.807, 2.05) is 24.3 Å². The Morgan fingerprint density at radius 2 is 2.24 bits per heavy atom. The molecule has 1 aromatic rings. The van der Waals surface area contributed by atoms with Crippen molar-refractivity contribution in [3.8, 4) is 5.75 Å². The summed E-state index contributed by atoms with van der Waals surface area (Å²) in [5, 5.41) is 6.39. The number of methoxy groups -OCH3 is 1. The van der Waals surface area contributed by atoms with Gasteiger partial charge in [-0.3, -0.25) is 4.79 Å². The topological polar surface area (TPSA) is 59.6 Å². The number of benzene rings is 1. The molecular weight excluding hydrogens is 268 g/mol. The van der Waals surface area contributed by atoms with Crippen LogP contribution in [0.25, 0.3) is 0 Å². The molecule has 1 aliphatic heterocycles. The number of ether oxygens (including phenoxy) is 2. The molecule has 1 heterocycles. The van der Waals surface area contributed by atoms with Gasteiger partial charge in [0.05, 0.1) is 26.4 Å². The van der Waals surface area contributed by atoms with Gasteiger partial charge in [-0.25, -0.2) is 0 Å². The second-order valence-electron chi connectivity index (χ2n) is 5.23. The van der Waals surface area contributed by atoms with Gasteiger partial charge in [0, 0.05) is 19.0 Å². The van der Waals surface area contributed by atoms with Crippen molar-refractivity contribution in [3.63, 3.8) is 0 Å². The largest absolute Gasteiger partial charge is 0.497 e. The highest BCUT2D eigenvalue weighted by Crippen LogP contribution is 2.20. The molecule has 2 atom stereocenters. The monoisotopic (exact) mass is 292 g/mol. The van der Waals surface area contributed by atoms with Crippen molar-refractivity contribution in [2.24, 2.45) is 0 Å². The van der Waals surface area contributed by atoms with Gasteiger partial charge in [-0.05, 0) is 24.1 Å². The van der Waals surface area contributed by atoms with E-state index in [4.69, 9.17) is 9.47 Å². The number of morpholine rings is 1. The van der Waals surface area contributed by atoms with E-state index in [0.29, 0.717) is 13.0 Å². The van der Waals surface area contributed by atoms with Crippen molar-refractivity contribution in [2.45, 2.75) is 31.8 Å². The predicted molar refractivity (Wildman–Crippen MR) is 81.4 cm³/mol. The van der Waals surface area contributed by atoms with Crippen LogP contribution < -0.4 is 15.4 Å². The molecule has 5 nitrogen and oxygen atoms in total. The Morgan fingerprint density at radius 1 is 1.48 bits per heavy atom. The maximum Gasteiger partial charge on any atom is 0.222 e. The fourth-order valence-electron chi connectivity index (χ4n) is 2.49. The minimum Gasteiger partial charge on any atom is -0.497 e. The van der Waals surface area contributed by atoms with Gasteiger partial charge in [0.1, 0.15) is 5.75 Å². The Morgan fingerprint density at radius 3 is 2.81 bits per heavy atom. The molecule has 1 fully saturated rings. The fraction of sp³-hybridized carbons (Fsp3) is 0.562. The number of amides is 1. The molecule has 2 unspecified atom stereocenters. The highest BCUT2D eigenvalue weighted by molar-refractivity contribution is 5.77. The number of hydrogen-bond acceptors (Lipinski definition) is 4. The first-order chi connectivity index (χ1) is 10.2. The normalized spacial score (nSPS) is 19.8. The highest BCUT2D eigenvalue weighted by Gasteiger charge is 2.19. The number of rotatable bonds is 6. The summed E-state index contributed by atoms with van der Waals surface area (Å²) in [7, 11) is 1.65. The van der Waals surface area contributed by atoms with Gasteiger partial charge in [0.25, 0.3) is 0 Å². The molecule has 0 bridgehead atoms. The van der Waals surface area contributed by atoms with Crippen LogP contribution in [0.4, 0.5) is 0 Å². The summed E-state index contributed by atoms with van der Waals surface area (Å²) in [5.41, 5.74) is 1.10. The Labute approximate surface area is 126 Å². The molecule has 1 aliphatic rings. The first-order valence-electron chi connectivity index (χ1n) is 7.47. The minimum absolute atomic E-state index is 0.0351.